The number of alkyl halides is 3. The smallest absolute Gasteiger partial charge is 0.314 e. The molecule has 0 bridgehead atoms. The summed E-state index contributed by atoms with van der Waals surface area (Å²) in [4.78, 5) is 1.51. The Labute approximate surface area is 76.1 Å². The van der Waals surface area contributed by atoms with E-state index in [-0.39, 0.29) is 6.04 Å². The summed E-state index contributed by atoms with van der Waals surface area (Å²) in [7, 11) is 0. The van der Waals surface area contributed by atoms with Crippen molar-refractivity contribution in [2.24, 2.45) is 0 Å². The van der Waals surface area contributed by atoms with E-state index in [1.807, 2.05) is 6.92 Å². The van der Waals surface area contributed by atoms with Crippen LogP contribution in [0.15, 0.2) is 0 Å². The molecule has 1 unspecified atom stereocenters. The highest BCUT2D eigenvalue weighted by Crippen LogP contribution is 2.19. The van der Waals surface area contributed by atoms with Crippen LogP contribution in [-0.4, -0.2) is 43.3 Å². The highest BCUT2D eigenvalue weighted by Gasteiger charge is 2.34. The van der Waals surface area contributed by atoms with Gasteiger partial charge in [-0.25, -0.2) is 0 Å². The summed E-state index contributed by atoms with van der Waals surface area (Å²) in [5.74, 6) is 0. The lowest BCUT2D eigenvalue weighted by atomic mass is 10.1. The van der Waals surface area contributed by atoms with E-state index in [2.05, 4.69) is 5.32 Å². The average molecular weight is 196 g/mol. The summed E-state index contributed by atoms with van der Waals surface area (Å²) in [5, 5.41) is 3.09. The monoisotopic (exact) mass is 196 g/mol. The normalized spacial score (nSPS) is 26.3. The van der Waals surface area contributed by atoms with Crippen LogP contribution < -0.4 is 5.32 Å². The number of halogens is 3. The molecule has 1 aliphatic rings. The number of rotatable bonds is 2. The van der Waals surface area contributed by atoms with Crippen LogP contribution in [0.2, 0.25) is 0 Å². The van der Waals surface area contributed by atoms with Crippen molar-refractivity contribution < 1.29 is 13.2 Å². The minimum Gasteiger partial charge on any atom is -0.314 e. The first-order chi connectivity index (χ1) is 6.03. The molecule has 1 fully saturated rings. The van der Waals surface area contributed by atoms with Gasteiger partial charge in [-0.1, -0.05) is 6.92 Å². The summed E-state index contributed by atoms with van der Waals surface area (Å²) < 4.78 is 36.3. The Kier molecular flexibility index (Phi) is 3.55. The van der Waals surface area contributed by atoms with Crippen LogP contribution in [0.4, 0.5) is 13.2 Å². The van der Waals surface area contributed by atoms with Gasteiger partial charge in [-0.05, 0) is 6.42 Å². The molecule has 0 aromatic heterocycles. The molecular weight excluding hydrogens is 181 g/mol. The lowest BCUT2D eigenvalue weighted by Crippen LogP contribution is -2.53. The van der Waals surface area contributed by atoms with Gasteiger partial charge in [0.2, 0.25) is 0 Å². The average Bonchev–Trinajstić information content (AvgIpc) is 2.02. The maximum atomic E-state index is 12.1. The predicted octanol–water partition coefficient (Wildman–Crippen LogP) is 1.23. The Morgan fingerprint density at radius 1 is 1.46 bits per heavy atom. The van der Waals surface area contributed by atoms with Crippen molar-refractivity contribution in [2.45, 2.75) is 25.6 Å². The second kappa shape index (κ2) is 4.28. The second-order valence-corrected chi connectivity index (χ2v) is 3.35. The van der Waals surface area contributed by atoms with Crippen molar-refractivity contribution in [3.63, 3.8) is 0 Å². The molecule has 0 aliphatic carbocycles. The summed E-state index contributed by atoms with van der Waals surface area (Å²) >= 11 is 0. The van der Waals surface area contributed by atoms with Gasteiger partial charge in [-0.15, -0.1) is 0 Å². The fourth-order valence-corrected chi connectivity index (χ4v) is 1.64. The van der Waals surface area contributed by atoms with Crippen LogP contribution in [0.25, 0.3) is 0 Å². The van der Waals surface area contributed by atoms with Crippen molar-refractivity contribution in [3.8, 4) is 0 Å². The maximum Gasteiger partial charge on any atom is 0.401 e. The van der Waals surface area contributed by atoms with Crippen molar-refractivity contribution >= 4 is 0 Å². The minimum absolute atomic E-state index is 0.0374. The molecule has 0 radical (unpaired) electrons. The van der Waals surface area contributed by atoms with E-state index in [4.69, 9.17) is 0 Å². The first-order valence-corrected chi connectivity index (χ1v) is 4.54. The van der Waals surface area contributed by atoms with Crippen LogP contribution in [0.5, 0.6) is 0 Å². The molecule has 1 heterocycles. The third-order valence-corrected chi connectivity index (χ3v) is 2.33. The molecule has 1 aliphatic heterocycles. The van der Waals surface area contributed by atoms with Crippen LogP contribution in [0.3, 0.4) is 0 Å². The third kappa shape index (κ3) is 3.52. The van der Waals surface area contributed by atoms with E-state index < -0.39 is 12.7 Å². The first kappa shape index (κ1) is 10.8. The number of piperazine rings is 1. The van der Waals surface area contributed by atoms with Gasteiger partial charge in [0, 0.05) is 25.7 Å². The number of hydrogen-bond acceptors (Lipinski definition) is 2. The summed E-state index contributed by atoms with van der Waals surface area (Å²) in [6, 6.07) is 0.0374. The lowest BCUT2D eigenvalue weighted by molar-refractivity contribution is -0.152. The number of nitrogens with zero attached hydrogens (tertiary/aromatic N) is 1. The van der Waals surface area contributed by atoms with Gasteiger partial charge in [0.15, 0.2) is 0 Å². The standard InChI is InChI=1S/C8H15F3N2/c1-2-7-5-12-3-4-13(7)6-8(9,10)11/h7,12H,2-6H2,1H3. The SMILES string of the molecule is CCC1CNCCN1CC(F)(F)F. The predicted molar refractivity (Wildman–Crippen MR) is 44.6 cm³/mol. The summed E-state index contributed by atoms with van der Waals surface area (Å²) in [5.41, 5.74) is 0. The molecule has 0 spiro atoms. The zero-order valence-electron chi connectivity index (χ0n) is 7.69. The van der Waals surface area contributed by atoms with Gasteiger partial charge in [0.1, 0.15) is 0 Å². The molecular formula is C8H15F3N2. The largest absolute Gasteiger partial charge is 0.401 e. The molecule has 1 rings (SSSR count). The summed E-state index contributed by atoms with van der Waals surface area (Å²) in [6.07, 6.45) is -3.30. The molecule has 1 N–H and O–H groups in total. The Balaban J connectivity index is 2.45. The van der Waals surface area contributed by atoms with Gasteiger partial charge in [-0.3, -0.25) is 4.90 Å². The van der Waals surface area contributed by atoms with E-state index in [1.54, 1.807) is 0 Å². The Hall–Kier alpha value is -0.290. The summed E-state index contributed by atoms with van der Waals surface area (Å²) in [6.45, 7) is 2.98. The first-order valence-electron chi connectivity index (χ1n) is 4.54. The Bertz CT molecular complexity index is 158. The van der Waals surface area contributed by atoms with E-state index in [0.717, 1.165) is 6.42 Å². The Morgan fingerprint density at radius 3 is 2.69 bits per heavy atom. The van der Waals surface area contributed by atoms with Gasteiger partial charge >= 0.3 is 6.18 Å². The van der Waals surface area contributed by atoms with Crippen molar-refractivity contribution in [1.29, 1.82) is 0 Å². The lowest BCUT2D eigenvalue weighted by Gasteiger charge is -2.35. The zero-order valence-corrected chi connectivity index (χ0v) is 7.69. The van der Waals surface area contributed by atoms with Crippen LogP contribution >= 0.6 is 0 Å². The third-order valence-electron chi connectivity index (χ3n) is 2.33. The van der Waals surface area contributed by atoms with E-state index in [1.165, 1.54) is 4.90 Å². The van der Waals surface area contributed by atoms with Gasteiger partial charge in [-0.2, -0.15) is 13.2 Å². The highest BCUT2D eigenvalue weighted by molar-refractivity contribution is 4.80. The van der Waals surface area contributed by atoms with E-state index in [9.17, 15) is 13.2 Å². The fraction of sp³-hybridized carbons (Fsp3) is 1.00. The molecule has 1 saturated heterocycles. The number of nitrogens with one attached hydrogen (secondary N) is 1. The van der Waals surface area contributed by atoms with Gasteiger partial charge in [0.25, 0.3) is 0 Å². The quantitative estimate of drug-likeness (QED) is 0.714. The molecule has 1 atom stereocenters. The molecule has 13 heavy (non-hydrogen) atoms. The fourth-order valence-electron chi connectivity index (χ4n) is 1.64. The van der Waals surface area contributed by atoms with Crippen molar-refractivity contribution in [1.82, 2.24) is 10.2 Å². The van der Waals surface area contributed by atoms with E-state index >= 15 is 0 Å². The molecule has 0 amide bonds. The zero-order chi connectivity index (χ0) is 9.90. The number of hydrogen-bond donors (Lipinski definition) is 1. The van der Waals surface area contributed by atoms with Crippen LogP contribution in [0, 0.1) is 0 Å². The van der Waals surface area contributed by atoms with Crippen LogP contribution in [0.1, 0.15) is 13.3 Å². The highest BCUT2D eigenvalue weighted by atomic mass is 19.4. The minimum atomic E-state index is -4.06. The van der Waals surface area contributed by atoms with Crippen molar-refractivity contribution in [3.05, 3.63) is 0 Å². The molecule has 0 aromatic rings. The topological polar surface area (TPSA) is 15.3 Å². The molecule has 0 saturated carbocycles. The maximum absolute atomic E-state index is 12.1. The second-order valence-electron chi connectivity index (χ2n) is 3.35. The molecule has 2 nitrogen and oxygen atoms in total. The van der Waals surface area contributed by atoms with Gasteiger partial charge < -0.3 is 5.32 Å². The molecule has 5 heteroatoms. The molecule has 0 aromatic carbocycles. The molecule has 78 valence electrons. The van der Waals surface area contributed by atoms with Gasteiger partial charge in [0.05, 0.1) is 6.54 Å². The van der Waals surface area contributed by atoms with E-state index in [0.29, 0.717) is 19.6 Å². The van der Waals surface area contributed by atoms with Crippen molar-refractivity contribution in [2.75, 3.05) is 26.2 Å². The Morgan fingerprint density at radius 2 is 2.15 bits per heavy atom. The van der Waals surface area contributed by atoms with Crippen LogP contribution in [-0.2, 0) is 0 Å².